The van der Waals surface area contributed by atoms with Gasteiger partial charge in [0.1, 0.15) is 0 Å². The number of benzene rings is 2. The van der Waals surface area contributed by atoms with Gasteiger partial charge in [0.15, 0.2) is 8.32 Å². The molecule has 3 atom stereocenters. The molecule has 2 bridgehead atoms. The molecule has 3 heterocycles. The number of morpholine rings is 1. The number of halogens is 2. The summed E-state index contributed by atoms with van der Waals surface area (Å²) in [4.78, 5) is 30.7. The second kappa shape index (κ2) is 12.4. The Balaban J connectivity index is 1.05. The summed E-state index contributed by atoms with van der Waals surface area (Å²) in [6, 6.07) is 12.0. The SMILES string of the molecule is CC(C)(C)[Si](C)(C)OC1CCC(N2CCC(Cc3c(Cl)cc(-c4ccc(C(=O)N5C[C@@H]6CC5CO6)cc4)cc3Cl)C2=O)CC1. The fourth-order valence-electron chi connectivity index (χ4n) is 7.21. The third-order valence-electron chi connectivity index (χ3n) is 10.9. The average Bonchev–Trinajstić information content (AvgIpc) is 3.71. The highest BCUT2D eigenvalue weighted by atomic mass is 35.5. The zero-order valence-electron chi connectivity index (χ0n) is 26.7. The zero-order chi connectivity index (χ0) is 31.4. The van der Waals surface area contributed by atoms with Crippen LogP contribution in [-0.2, 0) is 20.4 Å². The monoisotopic (exact) mass is 656 g/mol. The maximum Gasteiger partial charge on any atom is 0.254 e. The molecule has 2 aromatic rings. The Morgan fingerprint density at radius 3 is 2.20 bits per heavy atom. The molecular weight excluding hydrogens is 611 g/mol. The summed E-state index contributed by atoms with van der Waals surface area (Å²) in [6.45, 7) is 13.6. The predicted molar refractivity (Wildman–Crippen MR) is 179 cm³/mol. The Kier molecular flexibility index (Phi) is 9.01. The van der Waals surface area contributed by atoms with Crippen LogP contribution in [0.3, 0.4) is 0 Å². The predicted octanol–water partition coefficient (Wildman–Crippen LogP) is 8.00. The van der Waals surface area contributed by atoms with Crippen molar-refractivity contribution in [3.63, 3.8) is 0 Å². The Bertz CT molecular complexity index is 1380. The number of nitrogens with zero attached hydrogens (tertiary/aromatic N) is 2. The van der Waals surface area contributed by atoms with Gasteiger partial charge in [0.2, 0.25) is 5.91 Å². The first-order valence-electron chi connectivity index (χ1n) is 16.3. The standard InChI is InChI=1S/C35H46Cl2N2O4Si/c1-35(2,3)44(4,5)43-28-12-10-26(11-13-28)38-15-14-24(34(38)41)16-30-31(36)17-25(18-32(30)37)22-6-8-23(9-7-22)33(40)39-20-29-19-27(39)21-42-29/h6-9,17-18,24,26-29H,10-16,19-21H2,1-5H3/t24?,26?,27?,28?,29-/m0/s1. The van der Waals surface area contributed by atoms with Gasteiger partial charge in [-0.2, -0.15) is 0 Å². The first-order valence-corrected chi connectivity index (χ1v) is 20.0. The molecule has 238 valence electrons. The van der Waals surface area contributed by atoms with Crippen LogP contribution in [0.4, 0.5) is 0 Å². The third-order valence-corrected chi connectivity index (χ3v) is 16.1. The lowest BCUT2D eigenvalue weighted by molar-refractivity contribution is -0.133. The molecule has 3 saturated heterocycles. The van der Waals surface area contributed by atoms with Crippen LogP contribution in [0.15, 0.2) is 36.4 Å². The van der Waals surface area contributed by atoms with Gasteiger partial charge in [-0.3, -0.25) is 9.59 Å². The molecule has 2 unspecified atom stereocenters. The van der Waals surface area contributed by atoms with E-state index in [9.17, 15) is 9.59 Å². The number of fused-ring (bicyclic) bond motifs is 2. The van der Waals surface area contributed by atoms with Crippen molar-refractivity contribution in [3.05, 3.63) is 57.6 Å². The summed E-state index contributed by atoms with van der Waals surface area (Å²) in [5.41, 5.74) is 3.35. The smallest absolute Gasteiger partial charge is 0.254 e. The summed E-state index contributed by atoms with van der Waals surface area (Å²) >= 11 is 13.6. The third kappa shape index (κ3) is 6.37. The number of rotatable bonds is 7. The fourth-order valence-corrected chi connectivity index (χ4v) is 9.28. The van der Waals surface area contributed by atoms with Crippen LogP contribution in [0, 0.1) is 5.92 Å². The Morgan fingerprint density at radius 2 is 1.64 bits per heavy atom. The summed E-state index contributed by atoms with van der Waals surface area (Å²) in [7, 11) is -1.79. The van der Waals surface area contributed by atoms with Crippen molar-refractivity contribution in [2.75, 3.05) is 19.7 Å². The zero-order valence-corrected chi connectivity index (χ0v) is 29.2. The summed E-state index contributed by atoms with van der Waals surface area (Å²) in [5.74, 6) is 0.184. The molecule has 0 radical (unpaired) electrons. The molecule has 44 heavy (non-hydrogen) atoms. The summed E-state index contributed by atoms with van der Waals surface area (Å²) in [6.07, 6.45) is 6.86. The van der Waals surface area contributed by atoms with Gasteiger partial charge >= 0.3 is 0 Å². The number of carbonyl (C=O) groups excluding carboxylic acids is 2. The highest BCUT2D eigenvalue weighted by Gasteiger charge is 2.43. The number of likely N-dealkylation sites (tertiary alicyclic amines) is 2. The van der Waals surface area contributed by atoms with Gasteiger partial charge in [-0.1, -0.05) is 56.1 Å². The first kappa shape index (κ1) is 32.1. The molecule has 0 aromatic heterocycles. The summed E-state index contributed by atoms with van der Waals surface area (Å²) < 4.78 is 12.3. The van der Waals surface area contributed by atoms with Crippen molar-refractivity contribution in [1.82, 2.24) is 9.80 Å². The minimum Gasteiger partial charge on any atom is -0.414 e. The van der Waals surface area contributed by atoms with Gasteiger partial charge in [-0.05, 0) is 104 Å². The highest BCUT2D eigenvalue weighted by molar-refractivity contribution is 6.74. The summed E-state index contributed by atoms with van der Waals surface area (Å²) in [5, 5.41) is 1.36. The number of hydrogen-bond acceptors (Lipinski definition) is 4. The van der Waals surface area contributed by atoms with Crippen LogP contribution >= 0.6 is 23.2 Å². The van der Waals surface area contributed by atoms with E-state index in [1.165, 1.54) is 0 Å². The van der Waals surface area contributed by atoms with Crippen LogP contribution in [0.5, 0.6) is 0 Å². The van der Waals surface area contributed by atoms with Gasteiger partial charge in [0.25, 0.3) is 5.91 Å². The van der Waals surface area contributed by atoms with Crippen molar-refractivity contribution in [3.8, 4) is 11.1 Å². The Labute approximate surface area is 273 Å². The molecule has 2 aromatic carbocycles. The second-order valence-corrected chi connectivity index (χ2v) is 20.4. The quantitative estimate of drug-likeness (QED) is 0.283. The molecule has 1 saturated carbocycles. The van der Waals surface area contributed by atoms with E-state index in [-0.39, 0.29) is 34.9 Å². The molecule has 4 aliphatic rings. The average molecular weight is 658 g/mol. The molecule has 2 amide bonds. The van der Waals surface area contributed by atoms with Crippen LogP contribution < -0.4 is 0 Å². The van der Waals surface area contributed by atoms with E-state index in [1.807, 2.05) is 41.3 Å². The molecule has 6 rings (SSSR count). The van der Waals surface area contributed by atoms with Crippen LogP contribution in [0.1, 0.15) is 75.2 Å². The maximum atomic E-state index is 13.6. The van der Waals surface area contributed by atoms with Crippen molar-refractivity contribution in [1.29, 1.82) is 0 Å². The van der Waals surface area contributed by atoms with E-state index in [1.54, 1.807) is 0 Å². The molecule has 9 heteroatoms. The van der Waals surface area contributed by atoms with Gasteiger partial charge < -0.3 is 19.0 Å². The van der Waals surface area contributed by atoms with Crippen molar-refractivity contribution in [2.24, 2.45) is 5.92 Å². The van der Waals surface area contributed by atoms with Crippen molar-refractivity contribution >= 4 is 43.3 Å². The number of hydrogen-bond donors (Lipinski definition) is 0. The largest absolute Gasteiger partial charge is 0.414 e. The van der Waals surface area contributed by atoms with Gasteiger partial charge in [0.05, 0.1) is 18.8 Å². The normalized spacial score (nSPS) is 27.4. The molecule has 6 nitrogen and oxygen atoms in total. The van der Waals surface area contributed by atoms with Gasteiger partial charge in [-0.25, -0.2) is 0 Å². The fraction of sp³-hybridized carbons (Fsp3) is 0.600. The first-order chi connectivity index (χ1) is 20.8. The van der Waals surface area contributed by atoms with E-state index >= 15 is 0 Å². The topological polar surface area (TPSA) is 59.1 Å². The van der Waals surface area contributed by atoms with E-state index in [2.05, 4.69) is 38.8 Å². The van der Waals surface area contributed by atoms with Gasteiger partial charge in [0, 0.05) is 46.8 Å². The number of ether oxygens (including phenoxy) is 1. The van der Waals surface area contributed by atoms with Crippen molar-refractivity contribution in [2.45, 2.75) is 108 Å². The maximum absolute atomic E-state index is 13.6. The second-order valence-electron chi connectivity index (χ2n) is 14.8. The molecule has 0 spiro atoms. The lowest BCUT2D eigenvalue weighted by Gasteiger charge is -2.42. The van der Waals surface area contributed by atoms with E-state index in [0.717, 1.165) is 61.8 Å². The van der Waals surface area contributed by atoms with Crippen LogP contribution in [0.2, 0.25) is 28.2 Å². The minimum atomic E-state index is -1.79. The molecule has 0 N–H and O–H groups in total. The van der Waals surface area contributed by atoms with E-state index in [4.69, 9.17) is 32.4 Å². The number of carbonyl (C=O) groups is 2. The molecular formula is C35H46Cl2N2O4Si. The lowest BCUT2D eigenvalue weighted by Crippen LogP contribution is -2.47. The molecule has 1 aliphatic carbocycles. The van der Waals surface area contributed by atoms with E-state index in [0.29, 0.717) is 47.3 Å². The highest BCUT2D eigenvalue weighted by Crippen LogP contribution is 2.41. The van der Waals surface area contributed by atoms with E-state index < -0.39 is 8.32 Å². The molecule has 4 fully saturated rings. The minimum absolute atomic E-state index is 0.0570. The Hall–Kier alpha value is -1.90. The van der Waals surface area contributed by atoms with Gasteiger partial charge in [-0.15, -0.1) is 0 Å². The van der Waals surface area contributed by atoms with Crippen LogP contribution in [0.25, 0.3) is 11.1 Å². The van der Waals surface area contributed by atoms with Crippen molar-refractivity contribution < 1.29 is 18.8 Å². The number of amides is 2. The molecule has 3 aliphatic heterocycles. The lowest BCUT2D eigenvalue weighted by atomic mass is 9.92. The van der Waals surface area contributed by atoms with Crippen LogP contribution in [-0.4, -0.2) is 73.9 Å². The Morgan fingerprint density at radius 1 is 0.977 bits per heavy atom.